The van der Waals surface area contributed by atoms with Gasteiger partial charge in [-0.1, -0.05) is 30.3 Å². The quantitative estimate of drug-likeness (QED) is 0.826. The highest BCUT2D eigenvalue weighted by Crippen LogP contribution is 2.21. The SMILES string of the molecule is CSc1cnn(CCCc2ccccc2)c1N. The summed E-state index contributed by atoms with van der Waals surface area (Å²) in [6.07, 6.45) is 5.97. The smallest absolute Gasteiger partial charge is 0.135 e. The molecule has 1 aromatic carbocycles. The summed E-state index contributed by atoms with van der Waals surface area (Å²) < 4.78 is 1.88. The van der Waals surface area contributed by atoms with Gasteiger partial charge < -0.3 is 5.73 Å². The minimum atomic E-state index is 0.783. The van der Waals surface area contributed by atoms with Crippen LogP contribution in [0, 0.1) is 0 Å². The fraction of sp³-hybridized carbons (Fsp3) is 0.308. The number of hydrogen-bond acceptors (Lipinski definition) is 3. The molecule has 0 fully saturated rings. The van der Waals surface area contributed by atoms with Crippen molar-refractivity contribution < 1.29 is 0 Å². The normalized spacial score (nSPS) is 10.6. The van der Waals surface area contributed by atoms with Gasteiger partial charge in [0.15, 0.2) is 0 Å². The van der Waals surface area contributed by atoms with Crippen LogP contribution >= 0.6 is 11.8 Å². The van der Waals surface area contributed by atoms with E-state index in [9.17, 15) is 0 Å². The van der Waals surface area contributed by atoms with Gasteiger partial charge in [-0.25, -0.2) is 4.68 Å². The number of nitrogen functional groups attached to an aromatic ring is 1. The van der Waals surface area contributed by atoms with E-state index in [0.717, 1.165) is 30.1 Å². The van der Waals surface area contributed by atoms with E-state index in [1.165, 1.54) is 5.56 Å². The third-order valence-electron chi connectivity index (χ3n) is 2.74. The lowest BCUT2D eigenvalue weighted by Gasteiger charge is -2.04. The molecule has 1 aromatic heterocycles. The Morgan fingerprint density at radius 1 is 1.29 bits per heavy atom. The van der Waals surface area contributed by atoms with E-state index in [2.05, 4.69) is 29.4 Å². The number of nitrogens with zero attached hydrogens (tertiary/aromatic N) is 2. The van der Waals surface area contributed by atoms with Gasteiger partial charge in [0.2, 0.25) is 0 Å². The van der Waals surface area contributed by atoms with E-state index < -0.39 is 0 Å². The second-order valence-corrected chi connectivity index (χ2v) is 4.76. The molecule has 2 N–H and O–H groups in total. The highest BCUT2D eigenvalue weighted by atomic mass is 32.2. The summed E-state index contributed by atoms with van der Waals surface area (Å²) in [6.45, 7) is 0.876. The lowest BCUT2D eigenvalue weighted by molar-refractivity contribution is 0.586. The Balaban J connectivity index is 1.88. The van der Waals surface area contributed by atoms with E-state index in [0.29, 0.717) is 0 Å². The minimum absolute atomic E-state index is 0.783. The first-order valence-corrected chi connectivity index (χ1v) is 6.93. The fourth-order valence-electron chi connectivity index (χ4n) is 1.79. The molecule has 0 radical (unpaired) electrons. The Morgan fingerprint density at radius 2 is 2.06 bits per heavy atom. The van der Waals surface area contributed by atoms with E-state index in [1.54, 1.807) is 11.8 Å². The van der Waals surface area contributed by atoms with Crippen molar-refractivity contribution in [3.05, 3.63) is 42.1 Å². The van der Waals surface area contributed by atoms with Gasteiger partial charge in [-0.05, 0) is 24.7 Å². The molecule has 2 rings (SSSR count). The molecule has 90 valence electrons. The minimum Gasteiger partial charge on any atom is -0.383 e. The zero-order valence-corrected chi connectivity index (χ0v) is 10.8. The number of aromatic nitrogens is 2. The standard InChI is InChI=1S/C13H17N3S/c1-17-12-10-15-16(13(12)14)9-5-8-11-6-3-2-4-7-11/h2-4,6-7,10H,5,8-9,14H2,1H3. The maximum Gasteiger partial charge on any atom is 0.135 e. The van der Waals surface area contributed by atoms with E-state index in [-0.39, 0.29) is 0 Å². The fourth-order valence-corrected chi connectivity index (χ4v) is 2.26. The molecule has 0 atom stereocenters. The molecular weight excluding hydrogens is 230 g/mol. The van der Waals surface area contributed by atoms with Gasteiger partial charge in [0.05, 0.1) is 11.1 Å². The predicted octanol–water partition coefficient (Wildman–Crippen LogP) is 2.82. The van der Waals surface area contributed by atoms with Crippen LogP contribution in [0.4, 0.5) is 5.82 Å². The van der Waals surface area contributed by atoms with Crippen molar-refractivity contribution in [1.82, 2.24) is 9.78 Å². The van der Waals surface area contributed by atoms with Gasteiger partial charge in [0, 0.05) is 6.54 Å². The van der Waals surface area contributed by atoms with Crippen molar-refractivity contribution in [2.45, 2.75) is 24.3 Å². The van der Waals surface area contributed by atoms with Crippen molar-refractivity contribution >= 4 is 17.6 Å². The zero-order valence-electron chi connectivity index (χ0n) is 9.97. The average Bonchev–Trinajstić information content (AvgIpc) is 2.72. The largest absolute Gasteiger partial charge is 0.383 e. The highest BCUT2D eigenvalue weighted by molar-refractivity contribution is 7.98. The van der Waals surface area contributed by atoms with Crippen LogP contribution in [0.2, 0.25) is 0 Å². The van der Waals surface area contributed by atoms with Crippen molar-refractivity contribution in [2.75, 3.05) is 12.0 Å². The van der Waals surface area contributed by atoms with E-state index in [4.69, 9.17) is 5.73 Å². The number of rotatable bonds is 5. The Kier molecular flexibility index (Phi) is 4.09. The highest BCUT2D eigenvalue weighted by Gasteiger charge is 2.05. The molecule has 1 heterocycles. The van der Waals surface area contributed by atoms with Crippen LogP contribution in [0.15, 0.2) is 41.4 Å². The first-order valence-electron chi connectivity index (χ1n) is 5.70. The van der Waals surface area contributed by atoms with Crippen LogP contribution in [0.3, 0.4) is 0 Å². The number of thioether (sulfide) groups is 1. The Hall–Kier alpha value is -1.42. The van der Waals surface area contributed by atoms with Crippen LogP contribution in [-0.2, 0) is 13.0 Å². The Labute approximate surface area is 106 Å². The molecule has 0 saturated heterocycles. The van der Waals surface area contributed by atoms with E-state index in [1.807, 2.05) is 23.2 Å². The third-order valence-corrected chi connectivity index (χ3v) is 3.50. The number of anilines is 1. The first kappa shape index (κ1) is 12.0. The van der Waals surface area contributed by atoms with Crippen LogP contribution in [0.5, 0.6) is 0 Å². The molecule has 2 aromatic rings. The number of hydrogen-bond donors (Lipinski definition) is 1. The van der Waals surface area contributed by atoms with Gasteiger partial charge in [-0.3, -0.25) is 0 Å². The van der Waals surface area contributed by atoms with Gasteiger partial charge in [0.25, 0.3) is 0 Å². The van der Waals surface area contributed by atoms with Crippen molar-refractivity contribution in [2.24, 2.45) is 0 Å². The van der Waals surface area contributed by atoms with Gasteiger partial charge >= 0.3 is 0 Å². The topological polar surface area (TPSA) is 43.8 Å². The molecule has 0 aliphatic heterocycles. The summed E-state index contributed by atoms with van der Waals surface area (Å²) in [7, 11) is 0. The molecule has 0 unspecified atom stereocenters. The van der Waals surface area contributed by atoms with Crippen molar-refractivity contribution in [1.29, 1.82) is 0 Å². The summed E-state index contributed by atoms with van der Waals surface area (Å²) in [5, 5.41) is 4.29. The second-order valence-electron chi connectivity index (χ2n) is 3.91. The maximum atomic E-state index is 5.97. The Morgan fingerprint density at radius 3 is 2.71 bits per heavy atom. The zero-order chi connectivity index (χ0) is 12.1. The summed E-state index contributed by atoms with van der Waals surface area (Å²) in [4.78, 5) is 1.06. The van der Waals surface area contributed by atoms with Crippen molar-refractivity contribution in [3.8, 4) is 0 Å². The number of aryl methyl sites for hydroxylation is 2. The molecular formula is C13H17N3S. The van der Waals surface area contributed by atoms with Crippen LogP contribution in [0.25, 0.3) is 0 Å². The van der Waals surface area contributed by atoms with Gasteiger partial charge in [-0.2, -0.15) is 5.10 Å². The van der Waals surface area contributed by atoms with Gasteiger partial charge in [0.1, 0.15) is 5.82 Å². The average molecular weight is 247 g/mol. The lowest BCUT2D eigenvalue weighted by Crippen LogP contribution is -2.05. The molecule has 0 saturated carbocycles. The van der Waals surface area contributed by atoms with E-state index >= 15 is 0 Å². The summed E-state index contributed by atoms with van der Waals surface area (Å²) in [5.41, 5.74) is 7.34. The molecule has 17 heavy (non-hydrogen) atoms. The molecule has 0 aliphatic carbocycles. The molecule has 0 amide bonds. The van der Waals surface area contributed by atoms with Crippen molar-refractivity contribution in [3.63, 3.8) is 0 Å². The third kappa shape index (κ3) is 3.03. The summed E-state index contributed by atoms with van der Waals surface area (Å²) >= 11 is 1.64. The Bertz CT molecular complexity index is 465. The molecule has 0 spiro atoms. The monoisotopic (exact) mass is 247 g/mol. The van der Waals surface area contributed by atoms with Crippen LogP contribution in [0.1, 0.15) is 12.0 Å². The van der Waals surface area contributed by atoms with Crippen LogP contribution in [-0.4, -0.2) is 16.0 Å². The van der Waals surface area contributed by atoms with Crippen LogP contribution < -0.4 is 5.73 Å². The predicted molar refractivity (Wildman–Crippen MR) is 73.2 cm³/mol. The second kappa shape index (κ2) is 5.77. The van der Waals surface area contributed by atoms with Gasteiger partial charge in [-0.15, -0.1) is 11.8 Å². The maximum absolute atomic E-state index is 5.97. The summed E-state index contributed by atoms with van der Waals surface area (Å²) in [5.74, 6) is 0.783. The lowest BCUT2D eigenvalue weighted by atomic mass is 10.1. The number of nitrogens with two attached hydrogens (primary N) is 1. The first-order chi connectivity index (χ1) is 8.31. The molecule has 0 bridgehead atoms. The molecule has 0 aliphatic rings. The molecule has 3 nitrogen and oxygen atoms in total. The summed E-state index contributed by atoms with van der Waals surface area (Å²) in [6, 6.07) is 10.5. The molecule has 4 heteroatoms. The number of benzene rings is 1.